The van der Waals surface area contributed by atoms with Gasteiger partial charge in [0.25, 0.3) is 5.56 Å². The summed E-state index contributed by atoms with van der Waals surface area (Å²) < 4.78 is 8.65. The van der Waals surface area contributed by atoms with Crippen LogP contribution < -0.4 is 15.6 Å². The fraction of sp³-hybridized carbons (Fsp3) is 0.214. The number of carbonyl (C=O) groups is 1. The van der Waals surface area contributed by atoms with Gasteiger partial charge >= 0.3 is 6.09 Å². The maximum Gasteiger partial charge on any atom is 0.404 e. The smallest absolute Gasteiger partial charge is 0.404 e. The molecule has 0 aliphatic carbocycles. The topological polar surface area (TPSA) is 80.6 Å². The first kappa shape index (κ1) is 24.8. The maximum absolute atomic E-state index is 13.8. The molecule has 0 saturated heterocycles. The molecule has 1 aromatic heterocycles. The normalized spacial score (nSPS) is 11.1. The molecule has 180 valence electrons. The van der Waals surface area contributed by atoms with Crippen molar-refractivity contribution in [2.24, 2.45) is 5.92 Å². The molecule has 4 rings (SSSR count). The number of fused-ring (bicyclic) bond motifs is 1. The number of carboxylic acid groups (broad SMARTS) is 1. The summed E-state index contributed by atoms with van der Waals surface area (Å²) in [5.41, 5.74) is 3.32. The van der Waals surface area contributed by atoms with E-state index in [1.165, 1.54) is 0 Å². The van der Waals surface area contributed by atoms with Gasteiger partial charge in [0.2, 0.25) is 0 Å². The summed E-state index contributed by atoms with van der Waals surface area (Å²) in [6.45, 7) is 4.97. The van der Waals surface area contributed by atoms with Gasteiger partial charge in [0.15, 0.2) is 0 Å². The van der Waals surface area contributed by atoms with E-state index in [0.29, 0.717) is 30.0 Å². The van der Waals surface area contributed by atoms with Crippen LogP contribution in [0, 0.1) is 9.49 Å². The Morgan fingerprint density at radius 3 is 2.34 bits per heavy atom. The number of nitrogens with one attached hydrogen (secondary N) is 1. The largest absolute Gasteiger partial charge is 0.489 e. The standard InChI is InChI=1S/C28H27IN2O4/c1-18(2)16-31-24(15-30-28(33)34)25(20-11-7-4-8-12-20)26-22(27(31)32)13-21(14-23(26)29)35-17-19-9-5-3-6-10-19/h3-14,18,30H,15-17H2,1-2H3,(H,33,34). The molecule has 35 heavy (non-hydrogen) atoms. The van der Waals surface area contributed by atoms with E-state index in [1.54, 1.807) is 10.6 Å². The second-order valence-corrected chi connectivity index (χ2v) is 9.92. The molecule has 0 bridgehead atoms. The van der Waals surface area contributed by atoms with Gasteiger partial charge in [-0.2, -0.15) is 0 Å². The van der Waals surface area contributed by atoms with Crippen molar-refractivity contribution in [3.8, 4) is 16.9 Å². The molecular formula is C28H27IN2O4. The van der Waals surface area contributed by atoms with Crippen molar-refractivity contribution in [3.63, 3.8) is 0 Å². The Balaban J connectivity index is 1.95. The molecule has 0 aliphatic rings. The molecule has 0 spiro atoms. The number of amides is 1. The monoisotopic (exact) mass is 582 g/mol. The second-order valence-electron chi connectivity index (χ2n) is 8.76. The fourth-order valence-corrected chi connectivity index (χ4v) is 5.06. The average Bonchev–Trinajstić information content (AvgIpc) is 2.84. The second kappa shape index (κ2) is 10.9. The molecule has 0 aliphatic heterocycles. The highest BCUT2D eigenvalue weighted by Crippen LogP contribution is 2.36. The Hall–Kier alpha value is -3.33. The Labute approximate surface area is 217 Å². The van der Waals surface area contributed by atoms with Crippen LogP contribution in [0.5, 0.6) is 5.75 Å². The van der Waals surface area contributed by atoms with Gasteiger partial charge in [-0.1, -0.05) is 74.5 Å². The van der Waals surface area contributed by atoms with Gasteiger partial charge < -0.3 is 19.7 Å². The van der Waals surface area contributed by atoms with Crippen molar-refractivity contribution in [1.29, 1.82) is 0 Å². The third-order valence-electron chi connectivity index (χ3n) is 5.67. The molecule has 6 nitrogen and oxygen atoms in total. The number of benzene rings is 3. The maximum atomic E-state index is 13.8. The molecule has 2 N–H and O–H groups in total. The minimum absolute atomic E-state index is 0.0276. The molecule has 7 heteroatoms. The number of aromatic nitrogens is 1. The van der Waals surface area contributed by atoms with Crippen molar-refractivity contribution in [3.05, 3.63) is 98.0 Å². The quantitative estimate of drug-likeness (QED) is 0.240. The van der Waals surface area contributed by atoms with E-state index >= 15 is 0 Å². The zero-order chi connectivity index (χ0) is 24.9. The summed E-state index contributed by atoms with van der Waals surface area (Å²) in [5.74, 6) is 0.809. The third-order valence-corrected chi connectivity index (χ3v) is 6.52. The van der Waals surface area contributed by atoms with Crippen molar-refractivity contribution in [2.45, 2.75) is 33.5 Å². The van der Waals surface area contributed by atoms with Crippen LogP contribution in [0.1, 0.15) is 25.1 Å². The number of hydrogen-bond acceptors (Lipinski definition) is 3. The third kappa shape index (κ3) is 5.67. The Kier molecular flexibility index (Phi) is 7.75. The Morgan fingerprint density at radius 1 is 1.06 bits per heavy atom. The van der Waals surface area contributed by atoms with E-state index in [4.69, 9.17) is 4.74 Å². The van der Waals surface area contributed by atoms with E-state index in [-0.39, 0.29) is 18.0 Å². The lowest BCUT2D eigenvalue weighted by atomic mass is 9.96. The molecule has 0 fully saturated rings. The SMILES string of the molecule is CC(C)Cn1c(CNC(=O)O)c(-c2ccccc2)c2c(I)cc(OCc3ccccc3)cc2c1=O. The highest BCUT2D eigenvalue weighted by molar-refractivity contribution is 14.1. The van der Waals surface area contributed by atoms with Gasteiger partial charge in [0.1, 0.15) is 12.4 Å². The predicted molar refractivity (Wildman–Crippen MR) is 147 cm³/mol. The molecular weight excluding hydrogens is 555 g/mol. The van der Waals surface area contributed by atoms with Gasteiger partial charge in [-0.05, 0) is 51.8 Å². The van der Waals surface area contributed by atoms with E-state index in [0.717, 1.165) is 25.6 Å². The van der Waals surface area contributed by atoms with Gasteiger partial charge in [-0.3, -0.25) is 4.79 Å². The lowest BCUT2D eigenvalue weighted by Crippen LogP contribution is -2.31. The molecule has 0 atom stereocenters. The number of nitrogens with zero attached hydrogens (tertiary/aromatic N) is 1. The Morgan fingerprint density at radius 2 is 1.71 bits per heavy atom. The highest BCUT2D eigenvalue weighted by Gasteiger charge is 2.22. The fourth-order valence-electron chi connectivity index (χ4n) is 4.19. The van der Waals surface area contributed by atoms with E-state index in [2.05, 4.69) is 27.9 Å². The van der Waals surface area contributed by atoms with Crippen LogP contribution in [0.15, 0.2) is 77.6 Å². The lowest BCUT2D eigenvalue weighted by Gasteiger charge is -2.22. The van der Waals surface area contributed by atoms with Crippen LogP contribution >= 0.6 is 22.6 Å². The average molecular weight is 582 g/mol. The van der Waals surface area contributed by atoms with Gasteiger partial charge in [-0.25, -0.2) is 4.79 Å². The summed E-state index contributed by atoms with van der Waals surface area (Å²) in [4.78, 5) is 25.2. The molecule has 0 unspecified atom stereocenters. The van der Waals surface area contributed by atoms with Crippen LogP contribution in [0.3, 0.4) is 0 Å². The van der Waals surface area contributed by atoms with Crippen molar-refractivity contribution in [2.75, 3.05) is 0 Å². The first-order valence-corrected chi connectivity index (χ1v) is 12.5. The lowest BCUT2D eigenvalue weighted by molar-refractivity contribution is 0.193. The van der Waals surface area contributed by atoms with E-state index in [1.807, 2.05) is 80.6 Å². The summed E-state index contributed by atoms with van der Waals surface area (Å²) in [6, 6.07) is 23.4. The van der Waals surface area contributed by atoms with Crippen molar-refractivity contribution < 1.29 is 14.6 Å². The molecule has 1 amide bonds. The highest BCUT2D eigenvalue weighted by atomic mass is 127. The van der Waals surface area contributed by atoms with E-state index < -0.39 is 6.09 Å². The zero-order valence-corrected chi connectivity index (χ0v) is 21.8. The van der Waals surface area contributed by atoms with Crippen LogP contribution in [0.4, 0.5) is 4.79 Å². The van der Waals surface area contributed by atoms with Gasteiger partial charge in [-0.15, -0.1) is 0 Å². The zero-order valence-electron chi connectivity index (χ0n) is 19.6. The van der Waals surface area contributed by atoms with Crippen LogP contribution in [-0.2, 0) is 19.7 Å². The molecule has 0 saturated carbocycles. The van der Waals surface area contributed by atoms with Crippen LogP contribution in [0.25, 0.3) is 21.9 Å². The first-order valence-electron chi connectivity index (χ1n) is 11.4. The first-order chi connectivity index (χ1) is 16.8. The number of pyridine rings is 1. The summed E-state index contributed by atoms with van der Waals surface area (Å²) in [7, 11) is 0. The summed E-state index contributed by atoms with van der Waals surface area (Å²) in [6.07, 6.45) is -1.13. The van der Waals surface area contributed by atoms with Gasteiger partial charge in [0, 0.05) is 26.8 Å². The Bertz CT molecular complexity index is 1400. The van der Waals surface area contributed by atoms with Crippen molar-refractivity contribution >= 4 is 39.5 Å². The number of hydrogen-bond donors (Lipinski definition) is 2. The molecule has 0 radical (unpaired) electrons. The number of rotatable bonds is 8. The van der Waals surface area contributed by atoms with Crippen LogP contribution in [0.2, 0.25) is 0 Å². The molecule has 3 aromatic carbocycles. The van der Waals surface area contributed by atoms with Crippen molar-refractivity contribution in [1.82, 2.24) is 9.88 Å². The number of ether oxygens (including phenoxy) is 1. The molecule has 1 heterocycles. The minimum atomic E-state index is -1.13. The number of halogens is 1. The van der Waals surface area contributed by atoms with Gasteiger partial charge in [0.05, 0.1) is 11.9 Å². The minimum Gasteiger partial charge on any atom is -0.489 e. The molecule has 4 aromatic rings. The predicted octanol–water partition coefficient (Wildman–Crippen LogP) is 6.28. The summed E-state index contributed by atoms with van der Waals surface area (Å²) >= 11 is 2.24. The van der Waals surface area contributed by atoms with Crippen LogP contribution in [-0.4, -0.2) is 15.8 Å². The van der Waals surface area contributed by atoms with E-state index in [9.17, 15) is 14.7 Å². The summed E-state index contributed by atoms with van der Waals surface area (Å²) in [5, 5.41) is 13.2.